The molecule has 0 saturated carbocycles. The molecule has 0 aromatic rings. The molecule has 0 aromatic carbocycles. The number of halogens is 1. The van der Waals surface area contributed by atoms with Crippen molar-refractivity contribution in [3.63, 3.8) is 0 Å². The van der Waals surface area contributed by atoms with Crippen LogP contribution in [0.4, 0.5) is 0 Å². The van der Waals surface area contributed by atoms with Gasteiger partial charge < -0.3 is 13.6 Å². The van der Waals surface area contributed by atoms with Gasteiger partial charge in [-0.25, -0.2) is 0 Å². The average molecular weight is 637 g/mol. The van der Waals surface area contributed by atoms with E-state index < -0.39 is 16.6 Å². The fourth-order valence-electron chi connectivity index (χ4n) is 4.63. The van der Waals surface area contributed by atoms with Crippen LogP contribution in [0.1, 0.15) is 88.0 Å². The van der Waals surface area contributed by atoms with Crippen molar-refractivity contribution in [2.75, 3.05) is 0 Å². The summed E-state index contributed by atoms with van der Waals surface area (Å²) in [5.41, 5.74) is 0.815. The van der Waals surface area contributed by atoms with Crippen LogP contribution in [0.3, 0.4) is 0 Å². The first-order valence-electron chi connectivity index (χ1n) is 13.6. The second-order valence-corrected chi connectivity index (χ2v) is 22.4. The van der Waals surface area contributed by atoms with E-state index in [4.69, 9.17) is 13.6 Å². The van der Waals surface area contributed by atoms with Gasteiger partial charge in [-0.05, 0) is 79.0 Å². The summed E-state index contributed by atoms with van der Waals surface area (Å²) in [4.78, 5) is 13.2. The maximum Gasteiger partial charge on any atom is 0.308 e. The molecule has 7 heteroatoms. The molecule has 0 fully saturated rings. The maximum atomic E-state index is 13.2. The Labute approximate surface area is 232 Å². The van der Waals surface area contributed by atoms with Crippen LogP contribution >= 0.6 is 22.6 Å². The van der Waals surface area contributed by atoms with Crippen LogP contribution in [-0.4, -0.2) is 40.4 Å². The summed E-state index contributed by atoms with van der Waals surface area (Å²) in [6.45, 7) is 24.6. The van der Waals surface area contributed by atoms with Gasteiger partial charge >= 0.3 is 5.97 Å². The third-order valence-corrected chi connectivity index (χ3v) is 18.7. The summed E-state index contributed by atoms with van der Waals surface area (Å²) in [6, 6.07) is 3.40. The number of carbonyl (C=O) groups is 1. The van der Waals surface area contributed by atoms with Gasteiger partial charge in [-0.3, -0.25) is 4.79 Å². The van der Waals surface area contributed by atoms with Crippen LogP contribution in [0.15, 0.2) is 21.8 Å². The minimum absolute atomic E-state index is 0.0788. The van der Waals surface area contributed by atoms with Crippen LogP contribution < -0.4 is 0 Å². The van der Waals surface area contributed by atoms with Crippen molar-refractivity contribution in [1.29, 1.82) is 0 Å². The van der Waals surface area contributed by atoms with E-state index in [1.165, 1.54) is 0 Å². The molecule has 0 bridgehead atoms. The van der Waals surface area contributed by atoms with Crippen molar-refractivity contribution >= 4 is 45.2 Å². The molecular formula is C28H53IO4Si2. The van der Waals surface area contributed by atoms with Crippen LogP contribution in [0, 0.1) is 5.92 Å². The Hall–Kier alpha value is 0.0338. The Balaban J connectivity index is 3.42. The zero-order valence-corrected chi connectivity index (χ0v) is 28.6. The molecule has 1 aliphatic heterocycles. The van der Waals surface area contributed by atoms with E-state index in [0.29, 0.717) is 6.42 Å². The Morgan fingerprint density at radius 3 is 2.29 bits per heavy atom. The molecule has 1 unspecified atom stereocenters. The highest BCUT2D eigenvalue weighted by Gasteiger charge is 2.42. The molecule has 0 N–H and O–H groups in total. The molecule has 0 radical (unpaired) electrons. The summed E-state index contributed by atoms with van der Waals surface area (Å²) < 4.78 is 22.0. The third-order valence-electron chi connectivity index (χ3n) is 8.40. The SMILES string of the molecule is CC[Si](CC)(CC)OC1(C)C/C=C/[C@H](C)[C@@H](/C(C)=C/I)OC(=O)C[C@H](O[Si](C)(C)C(C)(C)C)CC1. The summed E-state index contributed by atoms with van der Waals surface area (Å²) in [5.74, 6) is -0.0712. The number of hydrogen-bond donors (Lipinski definition) is 0. The van der Waals surface area contributed by atoms with Crippen molar-refractivity contribution in [1.82, 2.24) is 0 Å². The van der Waals surface area contributed by atoms with Crippen LogP contribution in [0.2, 0.25) is 36.3 Å². The van der Waals surface area contributed by atoms with E-state index in [0.717, 1.165) is 43.0 Å². The second-order valence-electron chi connectivity index (χ2n) is 12.3. The Bertz CT molecular complexity index is 731. The first-order chi connectivity index (χ1) is 16.1. The van der Waals surface area contributed by atoms with Crippen molar-refractivity contribution in [2.45, 2.75) is 142 Å². The molecule has 1 heterocycles. The van der Waals surface area contributed by atoms with Gasteiger partial charge in [-0.1, -0.05) is 83.2 Å². The third kappa shape index (κ3) is 9.69. The van der Waals surface area contributed by atoms with Crippen molar-refractivity contribution in [3.8, 4) is 0 Å². The standard InChI is InChI=1S/C28H53IO4Si2/c1-12-35(13-2,14-3)33-28(9)18-15-16-22(4)26(23(5)21-29)31-25(30)20-24(17-19-28)32-34(10,11)27(6,7)8/h15-16,21-22,24,26H,12-14,17-20H2,1-11H3/b16-15+,23-21+/t22-,24+,26-,28?/m0/s1. The van der Waals surface area contributed by atoms with Gasteiger partial charge in [0.25, 0.3) is 0 Å². The first-order valence-corrected chi connectivity index (χ1v) is 20.3. The fourth-order valence-corrected chi connectivity index (χ4v) is 9.54. The van der Waals surface area contributed by atoms with Gasteiger partial charge in [0.05, 0.1) is 18.1 Å². The minimum Gasteiger partial charge on any atom is -0.457 e. The van der Waals surface area contributed by atoms with E-state index >= 15 is 0 Å². The monoisotopic (exact) mass is 636 g/mol. The Morgan fingerprint density at radius 1 is 1.23 bits per heavy atom. The molecule has 0 saturated heterocycles. The number of ether oxygens (including phenoxy) is 1. The predicted molar refractivity (Wildman–Crippen MR) is 163 cm³/mol. The first kappa shape index (κ1) is 33.1. The quantitative estimate of drug-likeness (QED) is 0.115. The molecule has 0 aliphatic carbocycles. The molecule has 0 aromatic heterocycles. The second kappa shape index (κ2) is 13.7. The molecule has 0 spiro atoms. The zero-order chi connectivity index (χ0) is 27.1. The van der Waals surface area contributed by atoms with E-state index in [2.05, 4.69) is 103 Å². The topological polar surface area (TPSA) is 44.8 Å². The van der Waals surface area contributed by atoms with E-state index in [-0.39, 0.29) is 34.7 Å². The summed E-state index contributed by atoms with van der Waals surface area (Å²) in [7, 11) is -3.85. The normalized spacial score (nSPS) is 29.2. The van der Waals surface area contributed by atoms with Gasteiger partial charge in [0.15, 0.2) is 16.6 Å². The van der Waals surface area contributed by atoms with E-state index in [1.54, 1.807) is 0 Å². The highest BCUT2D eigenvalue weighted by molar-refractivity contribution is 14.1. The highest BCUT2D eigenvalue weighted by atomic mass is 127. The maximum absolute atomic E-state index is 13.2. The predicted octanol–water partition coefficient (Wildman–Crippen LogP) is 9.17. The van der Waals surface area contributed by atoms with Gasteiger partial charge in [-0.2, -0.15) is 0 Å². The average Bonchev–Trinajstić information content (AvgIpc) is 2.77. The van der Waals surface area contributed by atoms with Gasteiger partial charge in [0.1, 0.15) is 6.10 Å². The Morgan fingerprint density at radius 2 is 1.80 bits per heavy atom. The molecule has 4 atom stereocenters. The molecule has 35 heavy (non-hydrogen) atoms. The molecular weight excluding hydrogens is 583 g/mol. The molecule has 204 valence electrons. The number of rotatable bonds is 8. The lowest BCUT2D eigenvalue weighted by atomic mass is 9.91. The Kier molecular flexibility index (Phi) is 13.0. The minimum atomic E-state index is -2.05. The lowest BCUT2D eigenvalue weighted by molar-refractivity contribution is -0.151. The molecule has 4 nitrogen and oxygen atoms in total. The summed E-state index contributed by atoms with van der Waals surface area (Å²) in [6.07, 6.45) is 6.90. The number of carbonyl (C=O) groups excluding carboxylic acids is 1. The number of cyclic esters (lactones) is 1. The van der Waals surface area contributed by atoms with Crippen molar-refractivity contribution in [2.24, 2.45) is 5.92 Å². The van der Waals surface area contributed by atoms with Gasteiger partial charge in [-0.15, -0.1) is 0 Å². The smallest absolute Gasteiger partial charge is 0.308 e. The molecule has 1 rings (SSSR count). The zero-order valence-electron chi connectivity index (χ0n) is 24.4. The van der Waals surface area contributed by atoms with Crippen LogP contribution in [0.5, 0.6) is 0 Å². The molecule has 0 amide bonds. The van der Waals surface area contributed by atoms with Crippen molar-refractivity contribution in [3.05, 3.63) is 21.8 Å². The summed E-state index contributed by atoms with van der Waals surface area (Å²) in [5, 5.41) is 0.0788. The largest absolute Gasteiger partial charge is 0.457 e. The summed E-state index contributed by atoms with van der Waals surface area (Å²) >= 11 is 2.24. The van der Waals surface area contributed by atoms with Gasteiger partial charge in [0, 0.05) is 5.92 Å². The lowest BCUT2D eigenvalue weighted by Gasteiger charge is -2.43. The van der Waals surface area contributed by atoms with Crippen molar-refractivity contribution < 1.29 is 18.4 Å². The van der Waals surface area contributed by atoms with E-state index in [1.807, 2.05) is 11.0 Å². The number of esters is 1. The lowest BCUT2D eigenvalue weighted by Crippen LogP contribution is -2.47. The highest BCUT2D eigenvalue weighted by Crippen LogP contribution is 2.40. The van der Waals surface area contributed by atoms with Crippen LogP contribution in [-0.2, 0) is 18.4 Å². The van der Waals surface area contributed by atoms with Crippen LogP contribution in [0.25, 0.3) is 0 Å². The molecule has 1 aliphatic rings. The number of hydrogen-bond acceptors (Lipinski definition) is 4. The fraction of sp³-hybridized carbons (Fsp3) is 0.821. The van der Waals surface area contributed by atoms with E-state index in [9.17, 15) is 4.79 Å². The van der Waals surface area contributed by atoms with Gasteiger partial charge in [0.2, 0.25) is 0 Å².